The van der Waals surface area contributed by atoms with E-state index in [1.807, 2.05) is 18.2 Å². The molecule has 0 heterocycles. The third-order valence-electron chi connectivity index (χ3n) is 3.13. The zero-order valence-corrected chi connectivity index (χ0v) is 8.77. The van der Waals surface area contributed by atoms with Crippen molar-refractivity contribution in [2.45, 2.75) is 12.8 Å². The van der Waals surface area contributed by atoms with Crippen molar-refractivity contribution in [3.63, 3.8) is 0 Å². The Labute approximate surface area is 93.9 Å². The van der Waals surface area contributed by atoms with E-state index in [1.165, 1.54) is 0 Å². The summed E-state index contributed by atoms with van der Waals surface area (Å²) in [6.07, 6.45) is 7.09. The van der Waals surface area contributed by atoms with Gasteiger partial charge >= 0.3 is 0 Å². The Morgan fingerprint density at radius 1 is 1.06 bits per heavy atom. The SMILES string of the molecule is OC1=CC=C2C(=CCc3cccc(O)c32)C1. The maximum atomic E-state index is 9.91. The highest BCUT2D eigenvalue weighted by molar-refractivity contribution is 5.87. The lowest BCUT2D eigenvalue weighted by Gasteiger charge is -2.23. The molecule has 0 saturated heterocycles. The zero-order valence-electron chi connectivity index (χ0n) is 8.77. The molecule has 80 valence electrons. The van der Waals surface area contributed by atoms with E-state index < -0.39 is 0 Å². The number of hydrogen-bond acceptors (Lipinski definition) is 2. The van der Waals surface area contributed by atoms with Gasteiger partial charge in [-0.25, -0.2) is 0 Å². The van der Waals surface area contributed by atoms with E-state index in [0.717, 1.165) is 28.7 Å². The van der Waals surface area contributed by atoms with E-state index in [4.69, 9.17) is 0 Å². The molecular formula is C14H12O2. The largest absolute Gasteiger partial charge is 0.512 e. The van der Waals surface area contributed by atoms with E-state index in [0.29, 0.717) is 17.9 Å². The molecule has 2 aliphatic carbocycles. The molecule has 2 N–H and O–H groups in total. The standard InChI is InChI=1S/C14H12O2/c15-11-6-7-12-10(8-11)5-4-9-2-1-3-13(16)14(9)12/h1-3,5-7,15-16H,4,8H2. The van der Waals surface area contributed by atoms with Crippen LogP contribution in [0, 0.1) is 0 Å². The Hall–Kier alpha value is -1.96. The van der Waals surface area contributed by atoms with Gasteiger partial charge in [-0.05, 0) is 35.3 Å². The van der Waals surface area contributed by atoms with Crippen molar-refractivity contribution in [2.75, 3.05) is 0 Å². The molecule has 0 saturated carbocycles. The van der Waals surface area contributed by atoms with Crippen LogP contribution in [0.5, 0.6) is 5.75 Å². The van der Waals surface area contributed by atoms with Crippen LogP contribution >= 0.6 is 0 Å². The molecule has 0 spiro atoms. The molecule has 0 unspecified atom stereocenters. The molecule has 2 nitrogen and oxygen atoms in total. The van der Waals surface area contributed by atoms with E-state index in [1.54, 1.807) is 12.1 Å². The molecule has 1 aromatic carbocycles. The predicted octanol–water partition coefficient (Wildman–Crippen LogP) is 3.10. The monoisotopic (exact) mass is 212 g/mol. The van der Waals surface area contributed by atoms with Crippen molar-refractivity contribution in [3.05, 3.63) is 58.9 Å². The number of aliphatic hydroxyl groups is 1. The Morgan fingerprint density at radius 2 is 1.94 bits per heavy atom. The highest BCUT2D eigenvalue weighted by atomic mass is 16.3. The lowest BCUT2D eigenvalue weighted by Crippen LogP contribution is -2.06. The number of aliphatic hydroxyl groups excluding tert-OH is 1. The third-order valence-corrected chi connectivity index (χ3v) is 3.13. The summed E-state index contributed by atoms with van der Waals surface area (Å²) in [5.41, 5.74) is 4.21. The second-order valence-corrected chi connectivity index (χ2v) is 4.16. The fourth-order valence-electron chi connectivity index (χ4n) is 2.36. The summed E-state index contributed by atoms with van der Waals surface area (Å²) in [6, 6.07) is 5.60. The smallest absolute Gasteiger partial charge is 0.123 e. The highest BCUT2D eigenvalue weighted by Crippen LogP contribution is 2.41. The van der Waals surface area contributed by atoms with Crippen LogP contribution in [0.3, 0.4) is 0 Å². The summed E-state index contributed by atoms with van der Waals surface area (Å²) in [7, 11) is 0. The van der Waals surface area contributed by atoms with Crippen LogP contribution in [0.4, 0.5) is 0 Å². The Bertz CT molecular complexity index is 548. The number of hydrogen-bond donors (Lipinski definition) is 2. The van der Waals surface area contributed by atoms with Crippen molar-refractivity contribution in [1.82, 2.24) is 0 Å². The molecule has 0 bridgehead atoms. The Kier molecular flexibility index (Phi) is 1.90. The summed E-state index contributed by atoms with van der Waals surface area (Å²) >= 11 is 0. The van der Waals surface area contributed by atoms with E-state index in [-0.39, 0.29) is 0 Å². The minimum absolute atomic E-state index is 0.323. The number of allylic oxidation sites excluding steroid dienone is 5. The molecule has 0 aromatic heterocycles. The van der Waals surface area contributed by atoms with Gasteiger partial charge in [-0.2, -0.15) is 0 Å². The molecule has 0 fully saturated rings. The zero-order chi connectivity index (χ0) is 11.1. The van der Waals surface area contributed by atoms with Gasteiger partial charge in [0.2, 0.25) is 0 Å². The highest BCUT2D eigenvalue weighted by Gasteiger charge is 2.22. The normalized spacial score (nSPS) is 17.9. The first-order valence-electron chi connectivity index (χ1n) is 5.36. The predicted molar refractivity (Wildman–Crippen MR) is 63.2 cm³/mol. The molecule has 0 amide bonds. The van der Waals surface area contributed by atoms with Crippen molar-refractivity contribution >= 4 is 5.57 Å². The number of benzene rings is 1. The van der Waals surface area contributed by atoms with Gasteiger partial charge in [0.1, 0.15) is 5.75 Å². The first-order valence-corrected chi connectivity index (χ1v) is 5.36. The maximum absolute atomic E-state index is 9.91. The lowest BCUT2D eigenvalue weighted by atomic mass is 9.82. The van der Waals surface area contributed by atoms with Crippen LogP contribution in [0.15, 0.2) is 47.8 Å². The van der Waals surface area contributed by atoms with E-state index in [9.17, 15) is 10.2 Å². The fraction of sp³-hybridized carbons (Fsp3) is 0.143. The van der Waals surface area contributed by atoms with Gasteiger partial charge in [-0.3, -0.25) is 0 Å². The van der Waals surface area contributed by atoms with Crippen molar-refractivity contribution in [1.29, 1.82) is 0 Å². The van der Waals surface area contributed by atoms with Crippen LogP contribution in [0.2, 0.25) is 0 Å². The number of rotatable bonds is 0. The summed E-state index contributed by atoms with van der Waals surface area (Å²) in [4.78, 5) is 0. The quantitative estimate of drug-likeness (QED) is 0.693. The molecule has 0 atom stereocenters. The molecule has 2 heteroatoms. The molecule has 2 aliphatic rings. The van der Waals surface area contributed by atoms with Gasteiger partial charge in [-0.15, -0.1) is 0 Å². The first-order chi connectivity index (χ1) is 7.75. The summed E-state index contributed by atoms with van der Waals surface area (Å²) in [5.74, 6) is 0.706. The second kappa shape index (κ2) is 3.27. The Balaban J connectivity index is 2.23. The summed E-state index contributed by atoms with van der Waals surface area (Å²) in [6.45, 7) is 0. The maximum Gasteiger partial charge on any atom is 0.123 e. The number of fused-ring (bicyclic) bond motifs is 3. The average molecular weight is 212 g/mol. The topological polar surface area (TPSA) is 40.5 Å². The van der Waals surface area contributed by atoms with Gasteiger partial charge in [0.05, 0.1) is 5.76 Å². The van der Waals surface area contributed by atoms with Gasteiger partial charge in [0.25, 0.3) is 0 Å². The minimum Gasteiger partial charge on any atom is -0.512 e. The van der Waals surface area contributed by atoms with Crippen molar-refractivity contribution < 1.29 is 10.2 Å². The van der Waals surface area contributed by atoms with E-state index in [2.05, 4.69) is 6.08 Å². The average Bonchev–Trinajstić information content (AvgIpc) is 2.29. The van der Waals surface area contributed by atoms with Crippen molar-refractivity contribution in [2.24, 2.45) is 0 Å². The van der Waals surface area contributed by atoms with Crippen LogP contribution in [-0.4, -0.2) is 10.2 Å². The lowest BCUT2D eigenvalue weighted by molar-refractivity contribution is 0.398. The van der Waals surface area contributed by atoms with Crippen LogP contribution in [0.25, 0.3) is 5.57 Å². The Morgan fingerprint density at radius 3 is 2.81 bits per heavy atom. The summed E-state index contributed by atoms with van der Waals surface area (Å²) < 4.78 is 0. The van der Waals surface area contributed by atoms with Gasteiger partial charge < -0.3 is 10.2 Å². The molecule has 1 aromatic rings. The molecule has 3 rings (SSSR count). The number of phenolic OH excluding ortho intramolecular Hbond substituents is 1. The second-order valence-electron chi connectivity index (χ2n) is 4.16. The van der Waals surface area contributed by atoms with Crippen molar-refractivity contribution in [3.8, 4) is 5.75 Å². The molecule has 0 aliphatic heterocycles. The molecule has 16 heavy (non-hydrogen) atoms. The van der Waals surface area contributed by atoms with Crippen LogP contribution < -0.4 is 0 Å². The molecular weight excluding hydrogens is 200 g/mol. The number of aromatic hydroxyl groups is 1. The van der Waals surface area contributed by atoms with Gasteiger partial charge in [-0.1, -0.05) is 24.3 Å². The first kappa shape index (κ1) is 9.28. The van der Waals surface area contributed by atoms with Crippen LogP contribution in [-0.2, 0) is 6.42 Å². The van der Waals surface area contributed by atoms with Gasteiger partial charge in [0, 0.05) is 12.0 Å². The van der Waals surface area contributed by atoms with Crippen LogP contribution in [0.1, 0.15) is 17.5 Å². The molecule has 0 radical (unpaired) electrons. The van der Waals surface area contributed by atoms with Gasteiger partial charge in [0.15, 0.2) is 0 Å². The fourth-order valence-corrected chi connectivity index (χ4v) is 2.36. The summed E-state index contributed by atoms with van der Waals surface area (Å²) in [5, 5.41) is 19.4. The third kappa shape index (κ3) is 1.27. The minimum atomic E-state index is 0.323. The van der Waals surface area contributed by atoms with E-state index >= 15 is 0 Å². The number of phenols is 1.